The van der Waals surface area contributed by atoms with E-state index in [9.17, 15) is 14.9 Å². The Labute approximate surface area is 204 Å². The average molecular weight is 478 g/mol. The molecule has 2 aromatic carbocycles. The highest BCUT2D eigenvalue weighted by Crippen LogP contribution is 2.28. The Kier molecular flexibility index (Phi) is 7.98. The number of carbonyl (C=O) groups excluding carboxylic acids is 1. The van der Waals surface area contributed by atoms with Gasteiger partial charge >= 0.3 is 5.76 Å². The number of likely N-dealkylation sites (N-methyl/N-ethyl adjacent to an activating group) is 1. The first-order chi connectivity index (χ1) is 17.0. The Morgan fingerprint density at radius 1 is 1.29 bits per heavy atom. The van der Waals surface area contributed by atoms with Crippen molar-refractivity contribution in [2.75, 3.05) is 40.3 Å². The van der Waals surface area contributed by atoms with Gasteiger partial charge in [-0.25, -0.2) is 4.79 Å². The molecule has 184 valence electrons. The van der Waals surface area contributed by atoms with Crippen molar-refractivity contribution in [2.24, 2.45) is 0 Å². The minimum Gasteiger partial charge on any atom is -0.408 e. The van der Waals surface area contributed by atoms with Crippen LogP contribution in [0.5, 0.6) is 0 Å². The molecule has 1 unspecified atom stereocenters. The Balaban J connectivity index is 1.50. The van der Waals surface area contributed by atoms with E-state index in [1.54, 1.807) is 10.6 Å². The van der Waals surface area contributed by atoms with Crippen LogP contribution in [0.25, 0.3) is 22.2 Å². The molecule has 35 heavy (non-hydrogen) atoms. The van der Waals surface area contributed by atoms with Crippen LogP contribution < -0.4 is 16.4 Å². The predicted molar refractivity (Wildman–Crippen MR) is 133 cm³/mol. The summed E-state index contributed by atoms with van der Waals surface area (Å²) in [7, 11) is 3.93. The second kappa shape index (κ2) is 11.3. The molecule has 1 aromatic heterocycles. The molecular weight excluding hydrogens is 446 g/mol. The summed E-state index contributed by atoms with van der Waals surface area (Å²) in [6.45, 7) is 3.02. The number of nitriles is 1. The summed E-state index contributed by atoms with van der Waals surface area (Å²) in [5.74, 6) is -0.642. The molecule has 3 aromatic rings. The molecule has 9 nitrogen and oxygen atoms in total. The fraction of sp³-hybridized carbons (Fsp3) is 0.423. The van der Waals surface area contributed by atoms with E-state index in [0.29, 0.717) is 38.2 Å². The zero-order valence-corrected chi connectivity index (χ0v) is 20.1. The second-order valence-electron chi connectivity index (χ2n) is 8.98. The van der Waals surface area contributed by atoms with Crippen LogP contribution in [0.1, 0.15) is 12.0 Å². The number of carbonyl (C=O) groups is 1. The number of para-hydroxylation sites is 1. The Hall–Kier alpha value is -3.45. The van der Waals surface area contributed by atoms with Crippen LogP contribution in [-0.2, 0) is 22.5 Å². The van der Waals surface area contributed by atoms with Crippen LogP contribution in [0.3, 0.4) is 0 Å². The van der Waals surface area contributed by atoms with Gasteiger partial charge in [-0.1, -0.05) is 36.4 Å². The maximum atomic E-state index is 12.5. The number of amides is 1. The van der Waals surface area contributed by atoms with E-state index < -0.39 is 12.1 Å². The fourth-order valence-electron chi connectivity index (χ4n) is 4.19. The van der Waals surface area contributed by atoms with Crippen LogP contribution in [0.2, 0.25) is 0 Å². The summed E-state index contributed by atoms with van der Waals surface area (Å²) in [5.41, 5.74) is 4.09. The van der Waals surface area contributed by atoms with Gasteiger partial charge in [0.25, 0.3) is 5.91 Å². The number of fused-ring (bicyclic) bond motifs is 1. The summed E-state index contributed by atoms with van der Waals surface area (Å²) in [6.07, 6.45) is 0.652. The van der Waals surface area contributed by atoms with E-state index in [4.69, 9.17) is 9.15 Å². The molecule has 1 aliphatic rings. The van der Waals surface area contributed by atoms with Crippen molar-refractivity contribution in [3.8, 4) is 17.2 Å². The van der Waals surface area contributed by atoms with Crippen molar-refractivity contribution < 1.29 is 13.9 Å². The summed E-state index contributed by atoms with van der Waals surface area (Å²) < 4.78 is 12.7. The van der Waals surface area contributed by atoms with Gasteiger partial charge in [-0.3, -0.25) is 9.36 Å². The van der Waals surface area contributed by atoms with Gasteiger partial charge in [-0.15, -0.1) is 0 Å². The number of rotatable bonds is 8. The van der Waals surface area contributed by atoms with E-state index in [0.717, 1.165) is 35.2 Å². The number of nitrogens with zero attached hydrogens (tertiary/aromatic N) is 3. The lowest BCUT2D eigenvalue weighted by atomic mass is 10.00. The predicted octanol–water partition coefficient (Wildman–Crippen LogP) is 1.75. The molecule has 0 spiro atoms. The normalized spacial score (nSPS) is 17.1. The molecule has 0 bridgehead atoms. The van der Waals surface area contributed by atoms with Gasteiger partial charge in [0, 0.05) is 38.2 Å². The van der Waals surface area contributed by atoms with Crippen molar-refractivity contribution in [1.29, 1.82) is 5.26 Å². The first-order valence-electron chi connectivity index (χ1n) is 11.8. The number of aromatic nitrogens is 1. The highest BCUT2D eigenvalue weighted by molar-refractivity contribution is 5.91. The summed E-state index contributed by atoms with van der Waals surface area (Å²) in [6, 6.07) is 15.0. The molecule has 0 radical (unpaired) electrons. The summed E-state index contributed by atoms with van der Waals surface area (Å²) >= 11 is 0. The first-order valence-corrected chi connectivity index (χ1v) is 11.8. The zero-order chi connectivity index (χ0) is 24.8. The summed E-state index contributed by atoms with van der Waals surface area (Å²) in [5, 5.41) is 15.6. The molecule has 9 heteroatoms. The van der Waals surface area contributed by atoms with Crippen LogP contribution in [0.15, 0.2) is 51.7 Å². The second-order valence-corrected chi connectivity index (χ2v) is 8.98. The maximum absolute atomic E-state index is 12.5. The number of benzene rings is 2. The zero-order valence-electron chi connectivity index (χ0n) is 20.1. The topological polar surface area (TPSA) is 113 Å². The average Bonchev–Trinajstić information content (AvgIpc) is 3.01. The van der Waals surface area contributed by atoms with Crippen LogP contribution >= 0.6 is 0 Å². The van der Waals surface area contributed by atoms with E-state index in [2.05, 4.69) is 16.7 Å². The fourth-order valence-corrected chi connectivity index (χ4v) is 4.19. The van der Waals surface area contributed by atoms with Gasteiger partial charge in [-0.05, 0) is 44.3 Å². The molecule has 1 aliphatic heterocycles. The quantitative estimate of drug-likeness (QED) is 0.508. The van der Waals surface area contributed by atoms with Crippen molar-refractivity contribution in [3.63, 3.8) is 0 Å². The third kappa shape index (κ3) is 5.98. The molecule has 4 rings (SSSR count). The molecule has 1 saturated heterocycles. The summed E-state index contributed by atoms with van der Waals surface area (Å²) in [4.78, 5) is 27.0. The number of hydrogen-bond donors (Lipinski definition) is 2. The Bertz CT molecular complexity index is 1250. The van der Waals surface area contributed by atoms with E-state index in [-0.39, 0.29) is 11.7 Å². The van der Waals surface area contributed by atoms with Crippen molar-refractivity contribution >= 4 is 17.0 Å². The third-order valence-electron chi connectivity index (χ3n) is 6.07. The van der Waals surface area contributed by atoms with Crippen molar-refractivity contribution in [2.45, 2.75) is 31.5 Å². The highest BCUT2D eigenvalue weighted by Gasteiger charge is 2.23. The van der Waals surface area contributed by atoms with Crippen LogP contribution in [-0.4, -0.2) is 67.9 Å². The molecule has 2 N–H and O–H groups in total. The van der Waals surface area contributed by atoms with Crippen molar-refractivity contribution in [1.82, 2.24) is 20.1 Å². The molecule has 1 fully saturated rings. The molecule has 1 amide bonds. The van der Waals surface area contributed by atoms with E-state index in [1.807, 2.05) is 55.4 Å². The smallest absolute Gasteiger partial charge is 0.408 e. The Morgan fingerprint density at radius 3 is 2.83 bits per heavy atom. The van der Waals surface area contributed by atoms with Gasteiger partial charge in [0.1, 0.15) is 12.1 Å². The minimum absolute atomic E-state index is 0.273. The van der Waals surface area contributed by atoms with Crippen LogP contribution in [0.4, 0.5) is 0 Å². The van der Waals surface area contributed by atoms with Gasteiger partial charge in [0.05, 0.1) is 11.6 Å². The highest BCUT2D eigenvalue weighted by atomic mass is 16.5. The maximum Gasteiger partial charge on any atom is 0.420 e. The molecular formula is C26H31N5O4. The molecule has 2 atom stereocenters. The molecule has 0 aliphatic carbocycles. The van der Waals surface area contributed by atoms with Gasteiger partial charge in [-0.2, -0.15) is 5.26 Å². The number of oxazole rings is 1. The lowest BCUT2D eigenvalue weighted by Crippen LogP contribution is -2.46. The lowest BCUT2D eigenvalue weighted by Gasteiger charge is -2.18. The largest absolute Gasteiger partial charge is 0.420 e. The van der Waals surface area contributed by atoms with Crippen molar-refractivity contribution in [3.05, 3.63) is 58.6 Å². The standard InChI is InChI=1S/C26H31N5O4/c1-30(2)12-13-31-24-21(5-3-6-22(24)35-26(31)33)19-9-7-18(8-10-19)15-20(16-27)29-25(32)23-17-28-11-4-14-34-23/h3,5-10,20,23,28H,4,11-15,17H2,1-2H3,(H,29,32)/t20-,23?/m0/s1. The van der Waals surface area contributed by atoms with Gasteiger partial charge in [0.15, 0.2) is 5.58 Å². The third-order valence-corrected chi connectivity index (χ3v) is 6.07. The molecule has 2 heterocycles. The number of hydrogen-bond acceptors (Lipinski definition) is 7. The van der Waals surface area contributed by atoms with E-state index >= 15 is 0 Å². The minimum atomic E-state index is -0.659. The molecule has 0 saturated carbocycles. The number of nitrogens with one attached hydrogen (secondary N) is 2. The van der Waals surface area contributed by atoms with E-state index in [1.165, 1.54) is 0 Å². The van der Waals surface area contributed by atoms with Crippen LogP contribution in [0, 0.1) is 11.3 Å². The SMILES string of the molecule is CN(C)CCn1c(=O)oc2cccc(-c3ccc(C[C@@H](C#N)NC(=O)C4CNCCCO4)cc3)c21. The van der Waals surface area contributed by atoms with Gasteiger partial charge < -0.3 is 24.7 Å². The van der Waals surface area contributed by atoms with Gasteiger partial charge in [0.2, 0.25) is 0 Å². The Morgan fingerprint density at radius 2 is 2.09 bits per heavy atom. The first kappa shape index (κ1) is 24.7. The lowest BCUT2D eigenvalue weighted by molar-refractivity contribution is -0.132. The number of ether oxygens (including phenoxy) is 1. The monoisotopic (exact) mass is 477 g/mol.